The van der Waals surface area contributed by atoms with Gasteiger partial charge in [-0.3, -0.25) is 9.59 Å². The molecule has 2 amide bonds. The normalized spacial score (nSPS) is 18.4. The number of amides is 2. The number of piperidine rings is 1. The van der Waals surface area contributed by atoms with Crippen molar-refractivity contribution in [2.45, 2.75) is 63.4 Å². The van der Waals surface area contributed by atoms with Gasteiger partial charge >= 0.3 is 5.97 Å². The Kier molecular flexibility index (Phi) is 9.08. The molecule has 36 heavy (non-hydrogen) atoms. The number of carbonyl (C=O) groups is 3. The zero-order chi connectivity index (χ0) is 26.5. The number of aliphatic carboxylic acids is 1. The first-order valence-corrected chi connectivity index (χ1v) is 13.7. The molecule has 0 unspecified atom stereocenters. The zero-order valence-electron chi connectivity index (χ0n) is 20.9. The lowest BCUT2D eigenvalue weighted by Crippen LogP contribution is -2.54. The Labute approximate surface area is 212 Å². The van der Waals surface area contributed by atoms with E-state index >= 15 is 0 Å². The monoisotopic (exact) mass is 517 g/mol. The molecule has 0 radical (unpaired) electrons. The summed E-state index contributed by atoms with van der Waals surface area (Å²) in [5.74, 6) is -2.48. The van der Waals surface area contributed by atoms with Crippen LogP contribution in [0.4, 0.5) is 0 Å². The third-order valence-electron chi connectivity index (χ3n) is 6.66. The minimum atomic E-state index is -3.89. The quantitative estimate of drug-likeness (QED) is 0.431. The summed E-state index contributed by atoms with van der Waals surface area (Å²) in [6.45, 7) is 5.99. The van der Waals surface area contributed by atoms with E-state index in [1.807, 2.05) is 25.2 Å². The first-order valence-electron chi connectivity index (χ1n) is 12.2. The highest BCUT2D eigenvalue weighted by Crippen LogP contribution is 2.22. The summed E-state index contributed by atoms with van der Waals surface area (Å²) in [6, 6.07) is 4.41. The molecule has 0 aromatic heterocycles. The van der Waals surface area contributed by atoms with Crippen molar-refractivity contribution in [2.75, 3.05) is 13.1 Å². The first kappa shape index (κ1) is 27.6. The second-order valence-electron chi connectivity index (χ2n) is 9.73. The maximum atomic E-state index is 13.3. The molecule has 1 saturated heterocycles. The molecule has 2 aliphatic rings. The minimum absolute atomic E-state index is 0.0958. The average Bonchev–Trinajstić information content (AvgIpc) is 2.86. The Hall–Kier alpha value is -2.98. The highest BCUT2D eigenvalue weighted by atomic mass is 32.2. The van der Waals surface area contributed by atoms with Crippen molar-refractivity contribution in [3.05, 3.63) is 53.6 Å². The molecule has 0 saturated carbocycles. The number of likely N-dealkylation sites (tertiary alicyclic amines) is 1. The molecule has 1 aromatic rings. The van der Waals surface area contributed by atoms with E-state index in [1.165, 1.54) is 12.1 Å². The van der Waals surface area contributed by atoms with Crippen molar-refractivity contribution in [1.29, 1.82) is 0 Å². The molecule has 1 aliphatic heterocycles. The molecule has 1 fully saturated rings. The van der Waals surface area contributed by atoms with Crippen LogP contribution in [0.25, 0.3) is 0 Å². The van der Waals surface area contributed by atoms with E-state index in [4.69, 9.17) is 0 Å². The molecule has 196 valence electrons. The summed E-state index contributed by atoms with van der Waals surface area (Å²) in [5.41, 5.74) is 1.59. The molecule has 2 atom stereocenters. The number of nitrogens with one attached hydrogen (secondary N) is 2. The fourth-order valence-corrected chi connectivity index (χ4v) is 5.75. The van der Waals surface area contributed by atoms with Crippen LogP contribution < -0.4 is 10.0 Å². The maximum absolute atomic E-state index is 13.3. The highest BCUT2D eigenvalue weighted by molar-refractivity contribution is 7.89. The van der Waals surface area contributed by atoms with Gasteiger partial charge in [0.2, 0.25) is 21.8 Å². The smallest absolute Gasteiger partial charge is 0.330 e. The van der Waals surface area contributed by atoms with E-state index in [0.717, 1.165) is 5.56 Å². The molecular formula is C26H35N3O6S. The van der Waals surface area contributed by atoms with Crippen molar-refractivity contribution in [3.8, 4) is 0 Å². The van der Waals surface area contributed by atoms with Crippen LogP contribution in [0.1, 0.15) is 45.1 Å². The van der Waals surface area contributed by atoms with Gasteiger partial charge in [-0.1, -0.05) is 49.8 Å². The molecule has 0 spiro atoms. The van der Waals surface area contributed by atoms with Crippen molar-refractivity contribution >= 4 is 27.8 Å². The van der Waals surface area contributed by atoms with Gasteiger partial charge in [-0.25, -0.2) is 13.2 Å². The summed E-state index contributed by atoms with van der Waals surface area (Å²) >= 11 is 0. The fraction of sp³-hybridized carbons (Fsp3) is 0.500. The minimum Gasteiger partial charge on any atom is -0.479 e. The van der Waals surface area contributed by atoms with Crippen LogP contribution in [-0.4, -0.2) is 61.4 Å². The molecule has 9 nitrogen and oxygen atoms in total. The van der Waals surface area contributed by atoms with E-state index in [1.54, 1.807) is 30.9 Å². The predicted molar refractivity (Wildman–Crippen MR) is 135 cm³/mol. The molecular weight excluding hydrogens is 482 g/mol. The van der Waals surface area contributed by atoms with Gasteiger partial charge < -0.3 is 15.3 Å². The maximum Gasteiger partial charge on any atom is 0.330 e. The van der Waals surface area contributed by atoms with Gasteiger partial charge in [0.25, 0.3) is 0 Å². The fourth-order valence-electron chi connectivity index (χ4n) is 4.41. The second-order valence-corrected chi connectivity index (χ2v) is 11.4. The third-order valence-corrected chi connectivity index (χ3v) is 8.12. The van der Waals surface area contributed by atoms with Gasteiger partial charge in [-0.05, 0) is 56.2 Å². The van der Waals surface area contributed by atoms with Crippen LogP contribution in [-0.2, 0) is 24.4 Å². The van der Waals surface area contributed by atoms with Gasteiger partial charge in [0.05, 0.1) is 4.90 Å². The van der Waals surface area contributed by atoms with Gasteiger partial charge in [-0.15, -0.1) is 0 Å². The third kappa shape index (κ3) is 6.82. The summed E-state index contributed by atoms with van der Waals surface area (Å²) in [4.78, 5) is 39.5. The van der Waals surface area contributed by atoms with E-state index in [2.05, 4.69) is 10.0 Å². The Morgan fingerprint density at radius 2 is 1.69 bits per heavy atom. The Morgan fingerprint density at radius 1 is 1.06 bits per heavy atom. The Balaban J connectivity index is 1.60. The van der Waals surface area contributed by atoms with Crippen LogP contribution in [0, 0.1) is 18.8 Å². The first-order chi connectivity index (χ1) is 17.0. The molecule has 1 aromatic carbocycles. The number of allylic oxidation sites excluding steroid dienone is 3. The van der Waals surface area contributed by atoms with Crippen LogP contribution in [0.15, 0.2) is 53.0 Å². The summed E-state index contributed by atoms with van der Waals surface area (Å²) in [7, 11) is -3.89. The number of carbonyl (C=O) groups excluding carboxylic acids is 2. The van der Waals surface area contributed by atoms with E-state index in [0.29, 0.717) is 31.3 Å². The molecule has 3 N–H and O–H groups in total. The average molecular weight is 518 g/mol. The standard InChI is InChI=1S/C26H35N3O6S/c1-17(2)22(28-36(34,35)21-11-9-18(3)10-12-21)25(31)29-15-13-20(14-16-29)24(30)27-23(26(32)33)19-7-5-4-6-8-19/h4-5,8-12,17,20,22-23,28H,6-7,13-16H2,1-3H3,(H,27,30)(H,32,33)/t22-,23-/m0/s1. The number of rotatable bonds is 9. The van der Waals surface area contributed by atoms with Crippen LogP contribution in [0.5, 0.6) is 0 Å². The van der Waals surface area contributed by atoms with E-state index in [-0.39, 0.29) is 35.7 Å². The molecule has 0 bridgehead atoms. The Morgan fingerprint density at radius 3 is 2.22 bits per heavy atom. The van der Waals surface area contributed by atoms with Gasteiger partial charge in [0.15, 0.2) is 0 Å². The SMILES string of the molecule is Cc1ccc(S(=O)(=O)N[C@H](C(=O)N2CCC(C(=O)N[C@H](C(=O)O)C3=CCC=CC3)CC2)C(C)C)cc1. The topological polar surface area (TPSA) is 133 Å². The summed E-state index contributed by atoms with van der Waals surface area (Å²) < 4.78 is 28.3. The number of carboxylic acids is 1. The number of benzene rings is 1. The number of hydrogen-bond donors (Lipinski definition) is 3. The number of sulfonamides is 1. The highest BCUT2D eigenvalue weighted by Gasteiger charge is 2.35. The van der Waals surface area contributed by atoms with Gasteiger partial charge in [-0.2, -0.15) is 4.72 Å². The zero-order valence-corrected chi connectivity index (χ0v) is 21.8. The molecule has 3 rings (SSSR count). The van der Waals surface area contributed by atoms with Crippen molar-refractivity contribution < 1.29 is 27.9 Å². The van der Waals surface area contributed by atoms with Crippen molar-refractivity contribution in [3.63, 3.8) is 0 Å². The predicted octanol–water partition coefficient (Wildman–Crippen LogP) is 2.38. The second kappa shape index (κ2) is 11.8. The summed E-state index contributed by atoms with van der Waals surface area (Å²) in [6.07, 6.45) is 7.53. The van der Waals surface area contributed by atoms with E-state index in [9.17, 15) is 27.9 Å². The number of hydrogen-bond acceptors (Lipinski definition) is 5. The molecule has 10 heteroatoms. The van der Waals surface area contributed by atoms with Crippen molar-refractivity contribution in [2.24, 2.45) is 11.8 Å². The van der Waals surface area contributed by atoms with Crippen LogP contribution in [0.2, 0.25) is 0 Å². The van der Waals surface area contributed by atoms with Gasteiger partial charge in [0, 0.05) is 19.0 Å². The number of aryl methyl sites for hydroxylation is 1. The largest absolute Gasteiger partial charge is 0.479 e. The molecule has 1 aliphatic carbocycles. The Bertz CT molecular complexity index is 1130. The lowest BCUT2D eigenvalue weighted by molar-refractivity contribution is -0.142. The summed E-state index contributed by atoms with van der Waals surface area (Å²) in [5, 5.41) is 12.3. The lowest BCUT2D eigenvalue weighted by atomic mass is 9.93. The van der Waals surface area contributed by atoms with Gasteiger partial charge in [0.1, 0.15) is 12.1 Å². The number of carboxylic acid groups (broad SMARTS) is 1. The molecule has 1 heterocycles. The number of nitrogens with zero attached hydrogens (tertiary/aromatic N) is 1. The van der Waals surface area contributed by atoms with Crippen LogP contribution in [0.3, 0.4) is 0 Å². The lowest BCUT2D eigenvalue weighted by Gasteiger charge is -2.35. The van der Waals surface area contributed by atoms with E-state index < -0.39 is 34.0 Å². The van der Waals surface area contributed by atoms with Crippen LogP contribution >= 0.6 is 0 Å². The van der Waals surface area contributed by atoms with Crippen molar-refractivity contribution in [1.82, 2.24) is 14.9 Å².